The molecule has 0 saturated heterocycles. The van der Waals surface area contributed by atoms with E-state index in [0.717, 1.165) is 49.2 Å². The molecule has 6 aromatic rings. The Morgan fingerprint density at radius 2 is 1.17 bits per heavy atom. The molecule has 0 amide bonds. The highest BCUT2D eigenvalue weighted by molar-refractivity contribution is 6.10. The summed E-state index contributed by atoms with van der Waals surface area (Å²) in [4.78, 5) is 0. The van der Waals surface area contributed by atoms with Crippen molar-refractivity contribution < 1.29 is 4.42 Å². The number of furan rings is 1. The summed E-state index contributed by atoms with van der Waals surface area (Å²) in [6, 6.07) is 31.6. The van der Waals surface area contributed by atoms with Gasteiger partial charge in [-0.15, -0.1) is 0 Å². The third-order valence-corrected chi connectivity index (χ3v) is 5.93. The van der Waals surface area contributed by atoms with Gasteiger partial charge in [0, 0.05) is 10.8 Å². The molecule has 2 heteroatoms. The van der Waals surface area contributed by atoms with Crippen molar-refractivity contribution in [3.05, 3.63) is 96.1 Å². The van der Waals surface area contributed by atoms with Gasteiger partial charge in [0.1, 0.15) is 11.2 Å². The number of rotatable bonds is 1. The van der Waals surface area contributed by atoms with E-state index >= 15 is 0 Å². The van der Waals surface area contributed by atoms with Crippen LogP contribution in [0.2, 0.25) is 0 Å². The van der Waals surface area contributed by atoms with Crippen LogP contribution in [0.3, 0.4) is 0 Å². The summed E-state index contributed by atoms with van der Waals surface area (Å²) in [5.41, 5.74) is 6.04. The summed E-state index contributed by atoms with van der Waals surface area (Å²) in [7, 11) is 0. The quantitative estimate of drug-likeness (QED) is 0.272. The molecule has 6 rings (SSSR count). The topological polar surface area (TPSA) is 36.9 Å². The normalized spacial score (nSPS) is 11.5. The van der Waals surface area contributed by atoms with Crippen LogP contribution < -0.4 is 0 Å². The third kappa shape index (κ3) is 2.50. The molecule has 0 atom stereocenters. The Morgan fingerprint density at radius 3 is 1.93 bits per heavy atom. The maximum atomic E-state index is 9.33. The van der Waals surface area contributed by atoms with Crippen molar-refractivity contribution in [2.45, 2.75) is 6.92 Å². The first-order chi connectivity index (χ1) is 14.7. The van der Waals surface area contributed by atoms with E-state index in [9.17, 15) is 5.26 Å². The van der Waals surface area contributed by atoms with Gasteiger partial charge in [-0.3, -0.25) is 0 Å². The number of benzene rings is 5. The van der Waals surface area contributed by atoms with E-state index in [-0.39, 0.29) is 0 Å². The number of nitriles is 1. The molecule has 2 nitrogen and oxygen atoms in total. The molecule has 0 bridgehead atoms. The minimum Gasteiger partial charge on any atom is -0.456 e. The predicted molar refractivity (Wildman–Crippen MR) is 124 cm³/mol. The maximum absolute atomic E-state index is 9.33. The predicted octanol–water partition coefficient (Wildman–Crippen LogP) is 7.74. The average Bonchev–Trinajstić information content (AvgIpc) is 3.15. The largest absolute Gasteiger partial charge is 0.456 e. The Bertz CT molecular complexity index is 1660. The fourth-order valence-electron chi connectivity index (χ4n) is 4.37. The molecule has 0 radical (unpaired) electrons. The number of hydrogen-bond donors (Lipinski definition) is 0. The fourth-order valence-corrected chi connectivity index (χ4v) is 4.37. The van der Waals surface area contributed by atoms with Crippen LogP contribution in [-0.2, 0) is 0 Å². The van der Waals surface area contributed by atoms with Crippen molar-refractivity contribution in [1.29, 1.82) is 5.26 Å². The second kappa shape index (κ2) is 6.20. The smallest absolute Gasteiger partial charge is 0.135 e. The molecule has 1 aromatic heterocycles. The van der Waals surface area contributed by atoms with Crippen molar-refractivity contribution >= 4 is 43.5 Å². The van der Waals surface area contributed by atoms with Crippen molar-refractivity contribution in [2.24, 2.45) is 0 Å². The lowest BCUT2D eigenvalue weighted by Crippen LogP contribution is -1.83. The van der Waals surface area contributed by atoms with Crippen LogP contribution in [0.4, 0.5) is 0 Å². The minimum atomic E-state index is 0.682. The zero-order valence-electron chi connectivity index (χ0n) is 16.4. The summed E-state index contributed by atoms with van der Waals surface area (Å²) in [5.74, 6) is 0. The number of hydrogen-bond acceptors (Lipinski definition) is 2. The summed E-state index contributed by atoms with van der Waals surface area (Å²) in [6.07, 6.45) is 0. The van der Waals surface area contributed by atoms with Gasteiger partial charge in [-0.05, 0) is 82.1 Å². The van der Waals surface area contributed by atoms with Crippen molar-refractivity contribution in [2.75, 3.05) is 0 Å². The van der Waals surface area contributed by atoms with Gasteiger partial charge in [-0.2, -0.15) is 5.26 Å². The molecule has 5 aromatic carbocycles. The van der Waals surface area contributed by atoms with Gasteiger partial charge in [0.05, 0.1) is 11.6 Å². The summed E-state index contributed by atoms with van der Waals surface area (Å²) < 4.78 is 6.02. The Morgan fingerprint density at radius 1 is 0.600 bits per heavy atom. The van der Waals surface area contributed by atoms with E-state index < -0.39 is 0 Å². The molecule has 140 valence electrons. The Hall–Kier alpha value is -4.09. The van der Waals surface area contributed by atoms with E-state index in [1.54, 1.807) is 0 Å². The van der Waals surface area contributed by atoms with Gasteiger partial charge in [-0.1, -0.05) is 48.0 Å². The Labute approximate surface area is 173 Å². The Balaban J connectivity index is 1.61. The van der Waals surface area contributed by atoms with Gasteiger partial charge in [0.15, 0.2) is 0 Å². The fraction of sp³-hybridized carbons (Fsp3) is 0.0357. The highest BCUT2D eigenvalue weighted by Crippen LogP contribution is 2.35. The summed E-state index contributed by atoms with van der Waals surface area (Å²) in [5, 5.41) is 16.2. The molecule has 30 heavy (non-hydrogen) atoms. The van der Waals surface area contributed by atoms with E-state index in [2.05, 4.69) is 73.7 Å². The van der Waals surface area contributed by atoms with Gasteiger partial charge in [-0.25, -0.2) is 0 Å². The molecule has 1 heterocycles. The van der Waals surface area contributed by atoms with Crippen LogP contribution in [0.1, 0.15) is 11.1 Å². The van der Waals surface area contributed by atoms with E-state index in [1.807, 2.05) is 24.3 Å². The zero-order valence-corrected chi connectivity index (χ0v) is 16.4. The van der Waals surface area contributed by atoms with Crippen molar-refractivity contribution in [3.8, 4) is 17.2 Å². The first kappa shape index (κ1) is 16.8. The summed E-state index contributed by atoms with van der Waals surface area (Å²) >= 11 is 0. The minimum absolute atomic E-state index is 0.682. The number of nitrogens with zero attached hydrogens (tertiary/aromatic N) is 1. The molecule has 0 aliphatic carbocycles. The second-order valence-electron chi connectivity index (χ2n) is 7.86. The Kier molecular flexibility index (Phi) is 3.48. The van der Waals surface area contributed by atoms with Gasteiger partial charge in [0.25, 0.3) is 0 Å². The second-order valence-corrected chi connectivity index (χ2v) is 7.86. The number of fused-ring (bicyclic) bond motifs is 6. The summed E-state index contributed by atoms with van der Waals surface area (Å²) in [6.45, 7) is 2.10. The average molecular weight is 383 g/mol. The molecular weight excluding hydrogens is 366 g/mol. The zero-order chi connectivity index (χ0) is 20.2. The molecule has 0 fully saturated rings. The lowest BCUT2D eigenvalue weighted by atomic mass is 9.95. The van der Waals surface area contributed by atoms with Crippen molar-refractivity contribution in [3.63, 3.8) is 0 Å². The maximum Gasteiger partial charge on any atom is 0.135 e. The monoisotopic (exact) mass is 383 g/mol. The van der Waals surface area contributed by atoms with Crippen LogP contribution in [0.25, 0.3) is 54.6 Å². The lowest BCUT2D eigenvalue weighted by molar-refractivity contribution is 0.669. The van der Waals surface area contributed by atoms with Crippen LogP contribution >= 0.6 is 0 Å². The van der Waals surface area contributed by atoms with Crippen LogP contribution in [-0.4, -0.2) is 0 Å². The molecule has 0 aliphatic heterocycles. The van der Waals surface area contributed by atoms with E-state index in [1.165, 1.54) is 10.9 Å². The van der Waals surface area contributed by atoms with Gasteiger partial charge >= 0.3 is 0 Å². The third-order valence-electron chi connectivity index (χ3n) is 5.93. The molecular formula is C28H17NO. The highest BCUT2D eigenvalue weighted by Gasteiger charge is 2.10. The van der Waals surface area contributed by atoms with Crippen molar-refractivity contribution in [1.82, 2.24) is 0 Å². The number of aryl methyl sites for hydroxylation is 1. The first-order valence-corrected chi connectivity index (χ1v) is 9.99. The molecule has 0 aliphatic rings. The van der Waals surface area contributed by atoms with Crippen LogP contribution in [0, 0.1) is 18.3 Å². The molecule has 0 N–H and O–H groups in total. The SMILES string of the molecule is Cc1ccc2oc3ccc(-c4ccc5ccc6ccc(C#N)cc6c5c4)cc3c2c1. The molecule has 0 saturated carbocycles. The molecule has 0 spiro atoms. The van der Waals surface area contributed by atoms with Gasteiger partial charge in [0.2, 0.25) is 0 Å². The standard InChI is InChI=1S/C28H17NO/c1-17-2-10-27-25(12-17)26-15-22(9-11-28(26)30-27)21-8-7-20-6-5-19-4-3-18(16-29)13-23(19)24(20)14-21/h2-15H,1H3. The molecule has 0 unspecified atom stereocenters. The first-order valence-electron chi connectivity index (χ1n) is 9.99. The van der Waals surface area contributed by atoms with E-state index in [4.69, 9.17) is 4.42 Å². The lowest BCUT2D eigenvalue weighted by Gasteiger charge is -2.08. The van der Waals surface area contributed by atoms with Crippen LogP contribution in [0.15, 0.2) is 89.3 Å². The van der Waals surface area contributed by atoms with Gasteiger partial charge < -0.3 is 4.42 Å². The highest BCUT2D eigenvalue weighted by atomic mass is 16.3. The van der Waals surface area contributed by atoms with E-state index in [0.29, 0.717) is 5.56 Å². The van der Waals surface area contributed by atoms with Crippen LogP contribution in [0.5, 0.6) is 0 Å².